The quantitative estimate of drug-likeness (QED) is 0.330. The van der Waals surface area contributed by atoms with Crippen molar-refractivity contribution < 1.29 is 31.2 Å². The van der Waals surface area contributed by atoms with Gasteiger partial charge < -0.3 is 0 Å². The molecule has 0 saturated heterocycles. The summed E-state index contributed by atoms with van der Waals surface area (Å²) < 4.78 is 66.5. The van der Waals surface area contributed by atoms with Gasteiger partial charge in [-0.1, -0.05) is 17.7 Å². The summed E-state index contributed by atoms with van der Waals surface area (Å²) in [5, 5.41) is 8.86. The second-order valence-corrected chi connectivity index (χ2v) is 9.58. The van der Waals surface area contributed by atoms with Crippen molar-refractivity contribution in [2.45, 2.75) is 29.2 Å². The standard InChI is InChI=1S/C17H20FN3O6S2/c1-12-2-6-15(7-3-12)29(26,27)21-16(17(22)20-23)10-11-19-28(24,25)14-8-4-13(18)5-9-14/h2-9,16,19,21,23H,10-11H2,1H3,(H,20,22). The maximum atomic E-state index is 12.9. The normalized spacial score (nSPS) is 13.1. The number of carbonyl (C=O) groups excluding carboxylic acids is 1. The third-order valence-corrected chi connectivity index (χ3v) is 6.87. The van der Waals surface area contributed by atoms with Crippen molar-refractivity contribution in [2.24, 2.45) is 0 Å². The smallest absolute Gasteiger partial charge is 0.261 e. The molecule has 1 amide bonds. The van der Waals surface area contributed by atoms with Crippen LogP contribution in [0.25, 0.3) is 0 Å². The Hall–Kier alpha value is -2.38. The van der Waals surface area contributed by atoms with Gasteiger partial charge in [-0.3, -0.25) is 10.0 Å². The molecule has 9 nitrogen and oxygen atoms in total. The van der Waals surface area contributed by atoms with Gasteiger partial charge in [0, 0.05) is 6.54 Å². The van der Waals surface area contributed by atoms with Crippen LogP contribution in [-0.2, 0) is 24.8 Å². The van der Waals surface area contributed by atoms with Crippen LogP contribution in [0.3, 0.4) is 0 Å². The highest BCUT2D eigenvalue weighted by Gasteiger charge is 2.26. The first-order chi connectivity index (χ1) is 13.5. The van der Waals surface area contributed by atoms with Crippen molar-refractivity contribution in [1.82, 2.24) is 14.9 Å². The molecule has 2 rings (SSSR count). The van der Waals surface area contributed by atoms with Crippen LogP contribution in [0.1, 0.15) is 12.0 Å². The average molecular weight is 445 g/mol. The molecule has 29 heavy (non-hydrogen) atoms. The van der Waals surface area contributed by atoms with E-state index >= 15 is 0 Å². The molecule has 12 heteroatoms. The van der Waals surface area contributed by atoms with E-state index in [-0.39, 0.29) is 22.8 Å². The SMILES string of the molecule is Cc1ccc(S(=O)(=O)NC(CCNS(=O)(=O)c2ccc(F)cc2)C(=O)NO)cc1. The molecule has 0 aromatic heterocycles. The fourth-order valence-corrected chi connectivity index (χ4v) is 4.61. The van der Waals surface area contributed by atoms with Crippen molar-refractivity contribution in [3.8, 4) is 0 Å². The van der Waals surface area contributed by atoms with E-state index in [0.29, 0.717) is 0 Å². The lowest BCUT2D eigenvalue weighted by molar-refractivity contribution is -0.131. The zero-order chi connectivity index (χ0) is 21.7. The number of rotatable bonds is 9. The number of aryl methyl sites for hydroxylation is 1. The van der Waals surface area contributed by atoms with Gasteiger partial charge in [-0.2, -0.15) is 4.72 Å². The number of hydrogen-bond donors (Lipinski definition) is 4. The Balaban J connectivity index is 2.08. The molecule has 1 atom stereocenters. The third-order valence-electron chi connectivity index (χ3n) is 3.90. The number of sulfonamides is 2. The van der Waals surface area contributed by atoms with Gasteiger partial charge in [0.2, 0.25) is 20.0 Å². The minimum absolute atomic E-state index is 0.0919. The molecule has 158 valence electrons. The minimum Gasteiger partial charge on any atom is -0.289 e. The van der Waals surface area contributed by atoms with Crippen molar-refractivity contribution in [1.29, 1.82) is 0 Å². The Kier molecular flexibility index (Phi) is 7.43. The van der Waals surface area contributed by atoms with E-state index in [2.05, 4.69) is 9.44 Å². The lowest BCUT2D eigenvalue weighted by atomic mass is 10.2. The molecule has 4 N–H and O–H groups in total. The van der Waals surface area contributed by atoms with Gasteiger partial charge in [-0.25, -0.2) is 31.4 Å². The number of hydroxylamine groups is 1. The average Bonchev–Trinajstić information content (AvgIpc) is 2.67. The highest BCUT2D eigenvalue weighted by molar-refractivity contribution is 7.89. The van der Waals surface area contributed by atoms with Crippen molar-refractivity contribution >= 4 is 26.0 Å². The van der Waals surface area contributed by atoms with Crippen LogP contribution in [0.2, 0.25) is 0 Å². The van der Waals surface area contributed by atoms with Crippen LogP contribution in [0.5, 0.6) is 0 Å². The summed E-state index contributed by atoms with van der Waals surface area (Å²) in [5.74, 6) is -1.66. The van der Waals surface area contributed by atoms with E-state index < -0.39 is 37.8 Å². The monoisotopic (exact) mass is 445 g/mol. The number of carbonyl (C=O) groups is 1. The summed E-state index contributed by atoms with van der Waals surface area (Å²) in [6.07, 6.45) is -0.294. The predicted molar refractivity (Wildman–Crippen MR) is 101 cm³/mol. The zero-order valence-corrected chi connectivity index (χ0v) is 16.9. The highest BCUT2D eigenvalue weighted by Crippen LogP contribution is 2.12. The Labute approximate surface area is 168 Å². The zero-order valence-electron chi connectivity index (χ0n) is 15.3. The maximum absolute atomic E-state index is 12.9. The molecule has 0 fully saturated rings. The second-order valence-electron chi connectivity index (χ2n) is 6.10. The Morgan fingerprint density at radius 1 is 0.966 bits per heavy atom. The summed E-state index contributed by atoms with van der Waals surface area (Å²) >= 11 is 0. The lowest BCUT2D eigenvalue weighted by Gasteiger charge is -2.17. The molecule has 0 bridgehead atoms. The summed E-state index contributed by atoms with van der Waals surface area (Å²) in [4.78, 5) is 11.5. The van der Waals surface area contributed by atoms with Crippen molar-refractivity contribution in [3.63, 3.8) is 0 Å². The molecule has 2 aromatic carbocycles. The third kappa shape index (κ3) is 6.30. The van der Waals surface area contributed by atoms with Crippen LogP contribution in [-0.4, -0.2) is 40.5 Å². The molecule has 0 aliphatic carbocycles. The highest BCUT2D eigenvalue weighted by atomic mass is 32.2. The summed E-state index contributed by atoms with van der Waals surface area (Å²) in [6.45, 7) is 1.45. The summed E-state index contributed by atoms with van der Waals surface area (Å²) in [6, 6.07) is 8.50. The second kappa shape index (κ2) is 9.41. The number of amides is 1. The lowest BCUT2D eigenvalue weighted by Crippen LogP contribution is -2.47. The number of halogens is 1. The van der Waals surface area contributed by atoms with Crippen LogP contribution in [0.15, 0.2) is 58.3 Å². The maximum Gasteiger partial charge on any atom is 0.261 e. The predicted octanol–water partition coefficient (Wildman–Crippen LogP) is 0.655. The first kappa shape index (κ1) is 22.9. The first-order valence-electron chi connectivity index (χ1n) is 8.33. The van der Waals surface area contributed by atoms with Gasteiger partial charge in [0.25, 0.3) is 5.91 Å². The number of benzene rings is 2. The van der Waals surface area contributed by atoms with E-state index in [4.69, 9.17) is 5.21 Å². The molecule has 0 aliphatic rings. The van der Waals surface area contributed by atoms with Gasteiger partial charge in [0.1, 0.15) is 11.9 Å². The topological polar surface area (TPSA) is 142 Å². The molecule has 0 aliphatic heterocycles. The number of nitrogens with one attached hydrogen (secondary N) is 3. The summed E-state index contributed by atoms with van der Waals surface area (Å²) in [7, 11) is -8.09. The van der Waals surface area contributed by atoms with Gasteiger partial charge in [0.15, 0.2) is 0 Å². The van der Waals surface area contributed by atoms with Crippen LogP contribution in [0.4, 0.5) is 4.39 Å². The molecular formula is C17H20FN3O6S2. The van der Waals surface area contributed by atoms with E-state index in [1.807, 2.05) is 0 Å². The van der Waals surface area contributed by atoms with E-state index in [0.717, 1.165) is 29.8 Å². The number of hydrogen-bond acceptors (Lipinski definition) is 6. The van der Waals surface area contributed by atoms with E-state index in [1.54, 1.807) is 19.1 Å². The van der Waals surface area contributed by atoms with Gasteiger partial charge in [-0.05, 0) is 49.7 Å². The van der Waals surface area contributed by atoms with E-state index in [9.17, 15) is 26.0 Å². The van der Waals surface area contributed by atoms with Crippen molar-refractivity contribution in [2.75, 3.05) is 6.54 Å². The molecule has 1 unspecified atom stereocenters. The Bertz CT molecular complexity index is 1060. The van der Waals surface area contributed by atoms with Crippen LogP contribution in [0, 0.1) is 12.7 Å². The fourth-order valence-electron chi connectivity index (χ4n) is 2.33. The van der Waals surface area contributed by atoms with Crippen molar-refractivity contribution in [3.05, 3.63) is 59.9 Å². The molecular weight excluding hydrogens is 425 g/mol. The van der Waals surface area contributed by atoms with Gasteiger partial charge in [-0.15, -0.1) is 0 Å². The largest absolute Gasteiger partial charge is 0.289 e. The van der Waals surface area contributed by atoms with E-state index in [1.165, 1.54) is 17.6 Å². The Morgan fingerprint density at radius 3 is 2.03 bits per heavy atom. The van der Waals surface area contributed by atoms with Crippen LogP contribution < -0.4 is 14.9 Å². The Morgan fingerprint density at radius 2 is 1.48 bits per heavy atom. The van der Waals surface area contributed by atoms with Crippen LogP contribution >= 0.6 is 0 Å². The first-order valence-corrected chi connectivity index (χ1v) is 11.3. The minimum atomic E-state index is -4.10. The summed E-state index contributed by atoms with van der Waals surface area (Å²) in [5.41, 5.74) is 2.19. The van der Waals surface area contributed by atoms with Gasteiger partial charge in [0.05, 0.1) is 9.79 Å². The molecule has 2 aromatic rings. The fraction of sp³-hybridized carbons (Fsp3) is 0.235. The van der Waals surface area contributed by atoms with Gasteiger partial charge >= 0.3 is 0 Å². The molecule has 0 spiro atoms. The molecule has 0 heterocycles. The molecule has 0 radical (unpaired) electrons. The molecule has 0 saturated carbocycles.